The third kappa shape index (κ3) is 1.76. The van der Waals surface area contributed by atoms with E-state index in [2.05, 4.69) is 44.4 Å². The molecule has 2 saturated heterocycles. The van der Waals surface area contributed by atoms with Gasteiger partial charge in [-0.25, -0.2) is 10.4 Å². The number of fused-ring (bicyclic) bond motifs is 9. The highest BCUT2D eigenvalue weighted by Crippen LogP contribution is 2.52. The molecule has 4 fully saturated rings. The van der Waals surface area contributed by atoms with Crippen molar-refractivity contribution in [2.24, 2.45) is 11.8 Å². The zero-order valence-electron chi connectivity index (χ0n) is 13.3. The molecular weight excluding hydrogens is 290 g/mol. The number of hydrogen-bond donors (Lipinski definition) is 3. The van der Waals surface area contributed by atoms with E-state index in [-0.39, 0.29) is 6.17 Å². The smallest absolute Gasteiger partial charge is 0.129 e. The molecule has 7 atom stereocenters. The van der Waals surface area contributed by atoms with Crippen LogP contribution < -0.4 is 16.5 Å². The third-order valence-electron chi connectivity index (χ3n) is 7.04. The summed E-state index contributed by atoms with van der Waals surface area (Å²) in [5.41, 5.74) is 11.2. The van der Waals surface area contributed by atoms with Gasteiger partial charge in [-0.1, -0.05) is 12.8 Å². The summed E-state index contributed by atoms with van der Waals surface area (Å²) in [7, 11) is 0. The second-order valence-electron chi connectivity index (χ2n) is 7.96. The molecule has 5 aliphatic rings. The van der Waals surface area contributed by atoms with Crippen LogP contribution in [0.2, 0.25) is 0 Å². The van der Waals surface area contributed by atoms with Gasteiger partial charge >= 0.3 is 0 Å². The Labute approximate surface area is 136 Å². The normalized spacial score (nSPS) is 48.3. The Bertz CT molecular complexity index is 618. The van der Waals surface area contributed by atoms with E-state index in [1.165, 1.54) is 37.8 Å². The Hall–Kier alpha value is -0.920. The average Bonchev–Trinajstić information content (AvgIpc) is 3.30. The maximum Gasteiger partial charge on any atom is 0.129 e. The highest BCUT2D eigenvalue weighted by atomic mass is 16.5. The first-order chi connectivity index (χ1) is 11.4. The van der Waals surface area contributed by atoms with Crippen LogP contribution >= 0.6 is 0 Å². The SMILES string of the molecule is c1cc2n(c1)C1CC3OC4CCCCC4C3CC1N1NNNC21. The maximum atomic E-state index is 6.54. The molecule has 1 aromatic rings. The van der Waals surface area contributed by atoms with Crippen molar-refractivity contribution in [1.29, 1.82) is 0 Å². The highest BCUT2D eigenvalue weighted by molar-refractivity contribution is 5.19. The fourth-order valence-electron chi connectivity index (χ4n) is 6.10. The standard InChI is InChI=1S/C17H25N5O/c1-2-6-15-10(4-1)11-8-14-13(9-16(11)23-15)21-7-3-5-12(21)17-18-19-20-22(14)17/h3,5,7,10-11,13-20H,1-2,4,6,8-9H2. The summed E-state index contributed by atoms with van der Waals surface area (Å²) in [6, 6.07) is 5.47. The van der Waals surface area contributed by atoms with Crippen LogP contribution in [0.25, 0.3) is 0 Å². The van der Waals surface area contributed by atoms with Crippen molar-refractivity contribution >= 4 is 0 Å². The summed E-state index contributed by atoms with van der Waals surface area (Å²) in [5.74, 6) is 1.56. The lowest BCUT2D eigenvalue weighted by Crippen LogP contribution is -2.56. The molecule has 6 rings (SSSR count). The zero-order valence-corrected chi connectivity index (χ0v) is 13.3. The first-order valence-corrected chi connectivity index (χ1v) is 9.27. The minimum absolute atomic E-state index is 0.229. The van der Waals surface area contributed by atoms with Crippen LogP contribution in [0.5, 0.6) is 0 Å². The molecule has 0 amide bonds. The summed E-state index contributed by atoms with van der Waals surface area (Å²) in [5, 5.41) is 2.41. The summed E-state index contributed by atoms with van der Waals surface area (Å²) >= 11 is 0. The third-order valence-corrected chi connectivity index (χ3v) is 7.04. The molecule has 0 aromatic carbocycles. The predicted molar refractivity (Wildman–Crippen MR) is 84.6 cm³/mol. The first-order valence-electron chi connectivity index (χ1n) is 9.27. The molecule has 3 aliphatic heterocycles. The van der Waals surface area contributed by atoms with Gasteiger partial charge in [-0.3, -0.25) is 0 Å². The van der Waals surface area contributed by atoms with E-state index in [0.717, 1.165) is 18.3 Å². The molecular formula is C17H25N5O. The molecule has 0 radical (unpaired) electrons. The number of nitrogens with zero attached hydrogens (tertiary/aromatic N) is 2. The summed E-state index contributed by atoms with van der Waals surface area (Å²) in [4.78, 5) is 0. The summed E-state index contributed by atoms with van der Waals surface area (Å²) in [6.07, 6.45) is 11.3. The lowest BCUT2D eigenvalue weighted by molar-refractivity contribution is -0.0501. The Kier molecular flexibility index (Phi) is 2.79. The van der Waals surface area contributed by atoms with Crippen molar-refractivity contribution in [1.82, 2.24) is 26.1 Å². The van der Waals surface area contributed by atoms with Gasteiger partial charge in [0.15, 0.2) is 0 Å². The maximum absolute atomic E-state index is 6.54. The molecule has 6 heteroatoms. The molecule has 7 unspecified atom stereocenters. The van der Waals surface area contributed by atoms with Crippen molar-refractivity contribution in [3.8, 4) is 0 Å². The first kappa shape index (κ1) is 13.4. The van der Waals surface area contributed by atoms with Gasteiger partial charge < -0.3 is 9.30 Å². The van der Waals surface area contributed by atoms with E-state index in [9.17, 15) is 0 Å². The van der Waals surface area contributed by atoms with Crippen molar-refractivity contribution in [2.75, 3.05) is 0 Å². The van der Waals surface area contributed by atoms with Crippen LogP contribution in [-0.2, 0) is 4.74 Å². The van der Waals surface area contributed by atoms with E-state index in [4.69, 9.17) is 4.74 Å². The van der Waals surface area contributed by atoms with Gasteiger partial charge in [0.25, 0.3) is 0 Å². The molecule has 2 aliphatic carbocycles. The average molecular weight is 315 g/mol. The molecule has 4 heterocycles. The van der Waals surface area contributed by atoms with E-state index >= 15 is 0 Å². The van der Waals surface area contributed by atoms with Gasteiger partial charge in [-0.2, -0.15) is 11.1 Å². The van der Waals surface area contributed by atoms with Gasteiger partial charge in [-0.15, -0.1) is 0 Å². The van der Waals surface area contributed by atoms with E-state index < -0.39 is 0 Å². The van der Waals surface area contributed by atoms with Crippen molar-refractivity contribution in [2.45, 2.75) is 69.0 Å². The van der Waals surface area contributed by atoms with Crippen molar-refractivity contribution in [3.05, 3.63) is 24.0 Å². The Balaban J connectivity index is 1.37. The summed E-state index contributed by atoms with van der Waals surface area (Å²) < 4.78 is 9.03. The van der Waals surface area contributed by atoms with Gasteiger partial charge in [0, 0.05) is 12.2 Å². The topological polar surface area (TPSA) is 53.5 Å². The van der Waals surface area contributed by atoms with Gasteiger partial charge in [0.1, 0.15) is 6.17 Å². The molecule has 0 bridgehead atoms. The molecule has 124 valence electrons. The minimum Gasteiger partial charge on any atom is -0.374 e. The fraction of sp³-hybridized carbons (Fsp3) is 0.765. The lowest BCUT2D eigenvalue weighted by atomic mass is 9.70. The Morgan fingerprint density at radius 2 is 2.00 bits per heavy atom. The van der Waals surface area contributed by atoms with E-state index in [1.807, 2.05) is 0 Å². The van der Waals surface area contributed by atoms with Crippen LogP contribution in [-0.4, -0.2) is 27.8 Å². The summed E-state index contributed by atoms with van der Waals surface area (Å²) in [6.45, 7) is 0. The van der Waals surface area contributed by atoms with Crippen molar-refractivity contribution < 1.29 is 4.74 Å². The number of nitrogens with one attached hydrogen (secondary N) is 3. The fourth-order valence-corrected chi connectivity index (χ4v) is 6.10. The van der Waals surface area contributed by atoms with Crippen LogP contribution in [0.1, 0.15) is 56.4 Å². The molecule has 2 saturated carbocycles. The Morgan fingerprint density at radius 1 is 1.04 bits per heavy atom. The number of rotatable bonds is 0. The molecule has 0 spiro atoms. The minimum atomic E-state index is 0.229. The van der Waals surface area contributed by atoms with Crippen LogP contribution in [0.4, 0.5) is 0 Å². The molecule has 3 N–H and O–H groups in total. The molecule has 23 heavy (non-hydrogen) atoms. The number of hydrogen-bond acceptors (Lipinski definition) is 5. The quantitative estimate of drug-likeness (QED) is 0.679. The van der Waals surface area contributed by atoms with Gasteiger partial charge in [0.05, 0.1) is 23.9 Å². The largest absolute Gasteiger partial charge is 0.374 e. The van der Waals surface area contributed by atoms with E-state index in [1.54, 1.807) is 0 Å². The van der Waals surface area contributed by atoms with Crippen LogP contribution in [0.3, 0.4) is 0 Å². The second-order valence-corrected chi connectivity index (χ2v) is 7.96. The van der Waals surface area contributed by atoms with Crippen molar-refractivity contribution in [3.63, 3.8) is 0 Å². The number of hydrazine groups is 3. The second kappa shape index (κ2) is 4.80. The molecule has 6 nitrogen and oxygen atoms in total. The zero-order chi connectivity index (χ0) is 15.0. The number of ether oxygens (including phenoxy) is 1. The monoisotopic (exact) mass is 315 g/mol. The number of aromatic nitrogens is 1. The van der Waals surface area contributed by atoms with Crippen LogP contribution in [0.15, 0.2) is 18.3 Å². The highest BCUT2D eigenvalue weighted by Gasteiger charge is 2.54. The van der Waals surface area contributed by atoms with Gasteiger partial charge in [-0.05, 0) is 49.7 Å². The molecule has 1 aromatic heterocycles. The predicted octanol–water partition coefficient (Wildman–Crippen LogP) is 1.61. The van der Waals surface area contributed by atoms with Crippen LogP contribution in [0, 0.1) is 11.8 Å². The van der Waals surface area contributed by atoms with Gasteiger partial charge in [0.2, 0.25) is 0 Å². The van der Waals surface area contributed by atoms with E-state index in [0.29, 0.717) is 24.3 Å². The Morgan fingerprint density at radius 3 is 3.00 bits per heavy atom. The lowest BCUT2D eigenvalue weighted by Gasteiger charge is -2.48.